The van der Waals surface area contributed by atoms with E-state index in [2.05, 4.69) is 20.4 Å². The minimum Gasteiger partial charge on any atom is -0.453 e. The number of H-pyrrole nitrogens is 1. The summed E-state index contributed by atoms with van der Waals surface area (Å²) in [6.45, 7) is 0. The average molecular weight is 287 g/mol. The van der Waals surface area contributed by atoms with E-state index in [1.165, 1.54) is 25.4 Å². The number of ether oxygens (including phenoxy) is 1. The second-order valence-electron chi connectivity index (χ2n) is 4.09. The minimum atomic E-state index is -0.604. The molecule has 1 aromatic heterocycles. The number of amides is 2. The van der Waals surface area contributed by atoms with Crippen LogP contribution in [0.2, 0.25) is 0 Å². The molecule has 3 N–H and O–H groups in total. The van der Waals surface area contributed by atoms with Crippen LogP contribution in [-0.2, 0) is 4.74 Å². The molecule has 0 saturated heterocycles. The van der Waals surface area contributed by atoms with Crippen LogP contribution in [0.15, 0.2) is 47.4 Å². The van der Waals surface area contributed by atoms with Crippen molar-refractivity contribution in [2.45, 2.75) is 0 Å². The van der Waals surface area contributed by atoms with Crippen LogP contribution in [-0.4, -0.2) is 24.1 Å². The Balaban J connectivity index is 2.12. The molecule has 108 valence electrons. The molecular formula is C14H13N3O4. The van der Waals surface area contributed by atoms with Crippen molar-refractivity contribution in [1.29, 1.82) is 0 Å². The summed E-state index contributed by atoms with van der Waals surface area (Å²) in [5.74, 6) is -0.420. The van der Waals surface area contributed by atoms with E-state index >= 15 is 0 Å². The van der Waals surface area contributed by atoms with Crippen LogP contribution in [0.25, 0.3) is 0 Å². The molecule has 7 heteroatoms. The SMILES string of the molecule is COC(=O)Nc1cccc(NC(=O)c2cc[nH]c(=O)c2)c1. The number of pyridine rings is 1. The van der Waals surface area contributed by atoms with E-state index in [0.717, 1.165) is 0 Å². The molecule has 2 amide bonds. The highest BCUT2D eigenvalue weighted by molar-refractivity contribution is 6.04. The van der Waals surface area contributed by atoms with Gasteiger partial charge in [0.05, 0.1) is 7.11 Å². The van der Waals surface area contributed by atoms with Crippen molar-refractivity contribution in [3.63, 3.8) is 0 Å². The van der Waals surface area contributed by atoms with Crippen LogP contribution >= 0.6 is 0 Å². The summed E-state index contributed by atoms with van der Waals surface area (Å²) in [4.78, 5) is 36.7. The van der Waals surface area contributed by atoms with Gasteiger partial charge in [-0.05, 0) is 24.3 Å². The Bertz CT molecular complexity index is 724. The molecule has 0 aliphatic rings. The largest absolute Gasteiger partial charge is 0.453 e. The van der Waals surface area contributed by atoms with Gasteiger partial charge in [-0.3, -0.25) is 14.9 Å². The normalized spacial score (nSPS) is 9.76. The van der Waals surface area contributed by atoms with Crippen LogP contribution in [0.1, 0.15) is 10.4 Å². The molecule has 2 rings (SSSR count). The van der Waals surface area contributed by atoms with E-state index in [9.17, 15) is 14.4 Å². The van der Waals surface area contributed by atoms with Crippen molar-refractivity contribution in [2.24, 2.45) is 0 Å². The Morgan fingerprint density at radius 1 is 1.10 bits per heavy atom. The lowest BCUT2D eigenvalue weighted by atomic mass is 10.2. The van der Waals surface area contributed by atoms with Gasteiger partial charge < -0.3 is 15.0 Å². The van der Waals surface area contributed by atoms with Gasteiger partial charge in [0.1, 0.15) is 0 Å². The molecule has 0 unspecified atom stereocenters. The van der Waals surface area contributed by atoms with Gasteiger partial charge in [0.15, 0.2) is 0 Å². The molecule has 1 heterocycles. The summed E-state index contributed by atoms with van der Waals surface area (Å²) in [6, 6.07) is 9.24. The number of methoxy groups -OCH3 is 1. The summed E-state index contributed by atoms with van der Waals surface area (Å²) in [5, 5.41) is 5.12. The second-order valence-corrected chi connectivity index (χ2v) is 4.09. The molecule has 0 bridgehead atoms. The van der Waals surface area contributed by atoms with Crippen LogP contribution in [0.4, 0.5) is 16.2 Å². The van der Waals surface area contributed by atoms with Gasteiger partial charge in [-0.15, -0.1) is 0 Å². The van der Waals surface area contributed by atoms with Crippen molar-refractivity contribution in [3.8, 4) is 0 Å². The zero-order chi connectivity index (χ0) is 15.2. The van der Waals surface area contributed by atoms with Crippen LogP contribution < -0.4 is 16.2 Å². The highest BCUT2D eigenvalue weighted by atomic mass is 16.5. The minimum absolute atomic E-state index is 0.241. The highest BCUT2D eigenvalue weighted by Crippen LogP contribution is 2.16. The van der Waals surface area contributed by atoms with Gasteiger partial charge in [-0.25, -0.2) is 4.79 Å². The molecule has 0 radical (unpaired) electrons. The highest BCUT2D eigenvalue weighted by Gasteiger charge is 2.07. The first-order valence-corrected chi connectivity index (χ1v) is 6.03. The third-order valence-corrected chi connectivity index (χ3v) is 2.59. The standard InChI is InChI=1S/C14H13N3O4/c1-21-14(20)17-11-4-2-3-10(8-11)16-13(19)9-5-6-15-12(18)7-9/h2-8H,1H3,(H,15,18)(H,16,19)(H,17,20). The van der Waals surface area contributed by atoms with Crippen LogP contribution in [0, 0.1) is 0 Å². The number of hydrogen-bond acceptors (Lipinski definition) is 4. The molecular weight excluding hydrogens is 274 g/mol. The van der Waals surface area contributed by atoms with Gasteiger partial charge in [0.2, 0.25) is 5.56 Å². The van der Waals surface area contributed by atoms with Crippen molar-refractivity contribution >= 4 is 23.4 Å². The number of carbonyl (C=O) groups is 2. The molecule has 0 fully saturated rings. The maximum atomic E-state index is 12.0. The predicted molar refractivity (Wildman–Crippen MR) is 77.5 cm³/mol. The zero-order valence-electron chi connectivity index (χ0n) is 11.2. The van der Waals surface area contributed by atoms with Crippen molar-refractivity contribution in [3.05, 3.63) is 58.5 Å². The molecule has 7 nitrogen and oxygen atoms in total. The van der Waals surface area contributed by atoms with E-state index in [1.807, 2.05) is 0 Å². The number of anilines is 2. The lowest BCUT2D eigenvalue weighted by Crippen LogP contribution is -2.16. The van der Waals surface area contributed by atoms with Gasteiger partial charge in [0, 0.05) is 29.2 Å². The maximum absolute atomic E-state index is 12.0. The van der Waals surface area contributed by atoms with Gasteiger partial charge in [0.25, 0.3) is 5.91 Å². The third-order valence-electron chi connectivity index (χ3n) is 2.59. The Morgan fingerprint density at radius 2 is 1.81 bits per heavy atom. The smallest absolute Gasteiger partial charge is 0.411 e. The quantitative estimate of drug-likeness (QED) is 0.801. The topological polar surface area (TPSA) is 100 Å². The fourth-order valence-corrected chi connectivity index (χ4v) is 1.63. The monoisotopic (exact) mass is 287 g/mol. The van der Waals surface area contributed by atoms with Gasteiger partial charge >= 0.3 is 6.09 Å². The van der Waals surface area contributed by atoms with Crippen molar-refractivity contribution in [1.82, 2.24) is 4.98 Å². The Kier molecular flexibility index (Phi) is 4.35. The van der Waals surface area contributed by atoms with E-state index in [-0.39, 0.29) is 11.1 Å². The summed E-state index contributed by atoms with van der Waals surface area (Å²) in [6.07, 6.45) is 0.792. The number of hydrogen-bond donors (Lipinski definition) is 3. The Morgan fingerprint density at radius 3 is 2.48 bits per heavy atom. The molecule has 0 spiro atoms. The third kappa shape index (κ3) is 3.93. The zero-order valence-corrected chi connectivity index (χ0v) is 11.2. The lowest BCUT2D eigenvalue weighted by molar-refractivity contribution is 0.102. The molecule has 2 aromatic rings. The molecule has 0 atom stereocenters. The van der Waals surface area contributed by atoms with E-state index in [1.54, 1.807) is 24.3 Å². The maximum Gasteiger partial charge on any atom is 0.411 e. The molecule has 21 heavy (non-hydrogen) atoms. The number of rotatable bonds is 3. The first-order chi connectivity index (χ1) is 10.1. The number of aromatic nitrogens is 1. The summed E-state index contributed by atoms with van der Waals surface area (Å²) in [7, 11) is 1.26. The van der Waals surface area contributed by atoms with Crippen molar-refractivity contribution < 1.29 is 14.3 Å². The van der Waals surface area contributed by atoms with Crippen LogP contribution in [0.5, 0.6) is 0 Å². The number of nitrogens with one attached hydrogen (secondary N) is 3. The van der Waals surface area contributed by atoms with Crippen LogP contribution in [0.3, 0.4) is 0 Å². The predicted octanol–water partition coefficient (Wildman–Crippen LogP) is 1.81. The van der Waals surface area contributed by atoms with Gasteiger partial charge in [-0.1, -0.05) is 6.07 Å². The summed E-state index contributed by atoms with van der Waals surface area (Å²) in [5.41, 5.74) is 0.841. The van der Waals surface area contributed by atoms with Crippen molar-refractivity contribution in [2.75, 3.05) is 17.7 Å². The van der Waals surface area contributed by atoms with E-state index in [4.69, 9.17) is 0 Å². The van der Waals surface area contributed by atoms with Gasteiger partial charge in [-0.2, -0.15) is 0 Å². The summed E-state index contributed by atoms with van der Waals surface area (Å²) >= 11 is 0. The molecule has 0 saturated carbocycles. The number of benzene rings is 1. The van der Waals surface area contributed by atoms with E-state index < -0.39 is 12.0 Å². The second kappa shape index (κ2) is 6.38. The first kappa shape index (κ1) is 14.3. The number of aromatic amines is 1. The molecule has 0 aliphatic carbocycles. The molecule has 1 aromatic carbocycles. The Labute approximate surface area is 120 Å². The average Bonchev–Trinajstić information content (AvgIpc) is 2.47. The fraction of sp³-hybridized carbons (Fsp3) is 0.0714. The first-order valence-electron chi connectivity index (χ1n) is 6.03. The lowest BCUT2D eigenvalue weighted by Gasteiger charge is -2.08. The molecule has 0 aliphatic heterocycles. The Hall–Kier alpha value is -3.09. The van der Waals surface area contributed by atoms with E-state index in [0.29, 0.717) is 11.4 Å². The number of carbonyl (C=O) groups excluding carboxylic acids is 2. The fourth-order valence-electron chi connectivity index (χ4n) is 1.63. The summed E-state index contributed by atoms with van der Waals surface area (Å²) < 4.78 is 4.48.